The Morgan fingerprint density at radius 2 is 1.93 bits per heavy atom. The fraction of sp³-hybridized carbons (Fsp3) is 0.333. The molecular weight excluding hydrogens is 400 g/mol. The number of benzene rings is 1. The quantitative estimate of drug-likeness (QED) is 0.655. The number of nitrogens with two attached hydrogens (primary N) is 1. The Morgan fingerprint density at radius 3 is 2.63 bits per heavy atom. The molecule has 2 aromatic heterocycles. The highest BCUT2D eigenvalue weighted by Gasteiger charge is 2.26. The number of pyridine rings is 1. The van der Waals surface area contributed by atoms with Crippen LogP contribution in [0.25, 0.3) is 10.3 Å². The van der Waals surface area contributed by atoms with Gasteiger partial charge in [0.1, 0.15) is 10.3 Å². The molecule has 1 aliphatic heterocycles. The molecule has 1 unspecified atom stereocenters. The molecule has 1 aliphatic rings. The van der Waals surface area contributed by atoms with Gasteiger partial charge >= 0.3 is 6.03 Å². The molecule has 9 heteroatoms. The lowest BCUT2D eigenvalue weighted by atomic mass is 9.98. The first-order valence-electron chi connectivity index (χ1n) is 9.87. The molecule has 3 heterocycles. The van der Waals surface area contributed by atoms with Gasteiger partial charge in [-0.05, 0) is 30.2 Å². The Bertz CT molecular complexity index is 1030. The van der Waals surface area contributed by atoms with Gasteiger partial charge in [0, 0.05) is 32.4 Å². The van der Waals surface area contributed by atoms with Crippen LogP contribution >= 0.6 is 11.3 Å². The number of rotatable bonds is 5. The van der Waals surface area contributed by atoms with Gasteiger partial charge in [0.15, 0.2) is 5.13 Å². The number of primary amides is 1. The number of piperazine rings is 1. The maximum Gasteiger partial charge on any atom is 0.312 e. The third-order valence-corrected chi connectivity index (χ3v) is 6.36. The number of urea groups is 1. The van der Waals surface area contributed by atoms with Crippen molar-refractivity contribution in [2.24, 2.45) is 5.73 Å². The zero-order valence-electron chi connectivity index (χ0n) is 16.7. The Balaban J connectivity index is 1.40. The van der Waals surface area contributed by atoms with Gasteiger partial charge in [-0.15, -0.1) is 0 Å². The minimum atomic E-state index is -0.634. The number of anilines is 1. The van der Waals surface area contributed by atoms with Crippen molar-refractivity contribution in [3.05, 3.63) is 53.7 Å². The number of hydrogen-bond donors (Lipinski definition) is 2. The molecule has 4 rings (SSSR count). The van der Waals surface area contributed by atoms with Crippen molar-refractivity contribution in [1.82, 2.24) is 20.2 Å². The van der Waals surface area contributed by atoms with Crippen molar-refractivity contribution in [3.8, 4) is 0 Å². The average Bonchev–Trinajstić information content (AvgIpc) is 3.18. The molecule has 8 nitrogen and oxygen atoms in total. The summed E-state index contributed by atoms with van der Waals surface area (Å²) in [6, 6.07) is 10.5. The van der Waals surface area contributed by atoms with E-state index in [1.54, 1.807) is 17.5 Å². The fourth-order valence-corrected chi connectivity index (χ4v) is 4.69. The number of fused-ring (bicyclic) bond motifs is 1. The smallest absolute Gasteiger partial charge is 0.312 e. The van der Waals surface area contributed by atoms with E-state index in [2.05, 4.69) is 20.2 Å². The van der Waals surface area contributed by atoms with E-state index in [1.165, 1.54) is 0 Å². The normalized spacial score (nSPS) is 15.2. The van der Waals surface area contributed by atoms with E-state index in [0.29, 0.717) is 26.2 Å². The SMILES string of the molecule is Cc1ccccc1C(CC(=O)N1CCN(c2nc3cccnc3s2)CC1)NC(N)=O. The summed E-state index contributed by atoms with van der Waals surface area (Å²) >= 11 is 1.57. The summed E-state index contributed by atoms with van der Waals surface area (Å²) in [5, 5.41) is 3.66. The third kappa shape index (κ3) is 4.35. The van der Waals surface area contributed by atoms with Crippen LogP contribution < -0.4 is 16.0 Å². The fourth-order valence-electron chi connectivity index (χ4n) is 3.73. The highest BCUT2D eigenvalue weighted by atomic mass is 32.1. The number of carbonyl (C=O) groups is 2. The zero-order valence-corrected chi connectivity index (χ0v) is 17.6. The predicted molar refractivity (Wildman–Crippen MR) is 117 cm³/mol. The van der Waals surface area contributed by atoms with E-state index in [-0.39, 0.29) is 12.3 Å². The molecule has 3 amide bonds. The van der Waals surface area contributed by atoms with Crippen LogP contribution in [0.15, 0.2) is 42.6 Å². The summed E-state index contributed by atoms with van der Waals surface area (Å²) in [6.45, 7) is 4.60. The van der Waals surface area contributed by atoms with E-state index in [4.69, 9.17) is 5.73 Å². The summed E-state index contributed by atoms with van der Waals surface area (Å²) in [5.41, 5.74) is 8.17. The second-order valence-electron chi connectivity index (χ2n) is 7.31. The molecule has 0 radical (unpaired) electrons. The van der Waals surface area contributed by atoms with Crippen molar-refractivity contribution < 1.29 is 9.59 Å². The standard InChI is InChI=1S/C21H24N6O2S/c1-14-5-2-3-6-15(14)17(24-20(22)29)13-18(28)26-9-11-27(12-10-26)21-25-16-7-4-8-23-19(16)30-21/h2-8,17H,9-13H2,1H3,(H3,22,24,29). The molecule has 156 valence electrons. The molecule has 1 atom stereocenters. The molecule has 3 N–H and O–H groups in total. The zero-order chi connectivity index (χ0) is 21.1. The van der Waals surface area contributed by atoms with Crippen LogP contribution in [0.1, 0.15) is 23.6 Å². The lowest BCUT2D eigenvalue weighted by molar-refractivity contribution is -0.132. The number of aryl methyl sites for hydroxylation is 1. The van der Waals surface area contributed by atoms with Crippen molar-refractivity contribution in [1.29, 1.82) is 0 Å². The molecule has 1 aromatic carbocycles. The summed E-state index contributed by atoms with van der Waals surface area (Å²) in [4.78, 5) is 38.4. The van der Waals surface area contributed by atoms with Gasteiger partial charge in [0.25, 0.3) is 0 Å². The number of thiazole rings is 1. The van der Waals surface area contributed by atoms with Gasteiger partial charge in [-0.3, -0.25) is 4.79 Å². The van der Waals surface area contributed by atoms with Gasteiger partial charge in [-0.1, -0.05) is 35.6 Å². The molecule has 0 spiro atoms. The molecule has 1 saturated heterocycles. The second-order valence-corrected chi connectivity index (χ2v) is 8.27. The molecule has 1 fully saturated rings. The first-order chi connectivity index (χ1) is 14.5. The lowest BCUT2D eigenvalue weighted by Gasteiger charge is -2.35. The molecule has 0 aliphatic carbocycles. The third-order valence-electron chi connectivity index (χ3n) is 5.32. The Kier molecular flexibility index (Phi) is 5.80. The lowest BCUT2D eigenvalue weighted by Crippen LogP contribution is -2.49. The van der Waals surface area contributed by atoms with E-state index >= 15 is 0 Å². The van der Waals surface area contributed by atoms with E-state index < -0.39 is 12.1 Å². The van der Waals surface area contributed by atoms with E-state index in [1.807, 2.05) is 48.2 Å². The Morgan fingerprint density at radius 1 is 1.17 bits per heavy atom. The number of aromatic nitrogens is 2. The monoisotopic (exact) mass is 424 g/mol. The van der Waals surface area contributed by atoms with E-state index in [0.717, 1.165) is 26.6 Å². The topological polar surface area (TPSA) is 104 Å². The first kappa shape index (κ1) is 20.1. The van der Waals surface area contributed by atoms with Crippen molar-refractivity contribution in [2.75, 3.05) is 31.1 Å². The minimum absolute atomic E-state index is 0.00243. The molecule has 0 saturated carbocycles. The molecule has 0 bridgehead atoms. The van der Waals surface area contributed by atoms with Crippen molar-refractivity contribution >= 4 is 38.8 Å². The highest BCUT2D eigenvalue weighted by molar-refractivity contribution is 7.21. The maximum atomic E-state index is 13.0. The van der Waals surface area contributed by atoms with Crippen molar-refractivity contribution in [3.63, 3.8) is 0 Å². The summed E-state index contributed by atoms with van der Waals surface area (Å²) in [6.07, 6.45) is 1.95. The summed E-state index contributed by atoms with van der Waals surface area (Å²) in [5.74, 6) is 0.00243. The van der Waals surface area contributed by atoms with Crippen LogP contribution in [0.2, 0.25) is 0 Å². The van der Waals surface area contributed by atoms with Gasteiger partial charge in [-0.2, -0.15) is 0 Å². The summed E-state index contributed by atoms with van der Waals surface area (Å²) < 4.78 is 0. The molecular formula is C21H24N6O2S. The second kappa shape index (κ2) is 8.66. The van der Waals surface area contributed by atoms with Gasteiger partial charge in [-0.25, -0.2) is 14.8 Å². The Labute approximate surface area is 178 Å². The first-order valence-corrected chi connectivity index (χ1v) is 10.7. The van der Waals surface area contributed by atoms with Crippen LogP contribution in [0.3, 0.4) is 0 Å². The van der Waals surface area contributed by atoms with Crippen LogP contribution in [-0.4, -0.2) is 53.0 Å². The average molecular weight is 425 g/mol. The van der Waals surface area contributed by atoms with Crippen molar-refractivity contribution in [2.45, 2.75) is 19.4 Å². The maximum absolute atomic E-state index is 13.0. The van der Waals surface area contributed by atoms with Gasteiger partial charge in [0.05, 0.1) is 12.5 Å². The van der Waals surface area contributed by atoms with E-state index in [9.17, 15) is 9.59 Å². The largest absolute Gasteiger partial charge is 0.352 e. The predicted octanol–water partition coefficient (Wildman–Crippen LogP) is 2.45. The molecule has 3 aromatic rings. The highest BCUT2D eigenvalue weighted by Crippen LogP contribution is 2.28. The number of hydrogen-bond acceptors (Lipinski definition) is 6. The van der Waals surface area contributed by atoms with Crippen LogP contribution in [0.5, 0.6) is 0 Å². The van der Waals surface area contributed by atoms with Gasteiger partial charge < -0.3 is 20.9 Å². The van der Waals surface area contributed by atoms with Crippen LogP contribution in [-0.2, 0) is 4.79 Å². The minimum Gasteiger partial charge on any atom is -0.352 e. The number of nitrogens with one attached hydrogen (secondary N) is 1. The van der Waals surface area contributed by atoms with Gasteiger partial charge in [0.2, 0.25) is 5.91 Å². The van der Waals surface area contributed by atoms with Crippen LogP contribution in [0.4, 0.5) is 9.93 Å². The molecule has 30 heavy (non-hydrogen) atoms. The Hall–Kier alpha value is -3.20. The number of nitrogens with zero attached hydrogens (tertiary/aromatic N) is 4. The number of carbonyl (C=O) groups excluding carboxylic acids is 2. The number of amides is 3. The van der Waals surface area contributed by atoms with Crippen LogP contribution in [0, 0.1) is 6.92 Å². The summed E-state index contributed by atoms with van der Waals surface area (Å²) in [7, 11) is 0.